The molecule has 1 aromatic rings. The molecule has 0 heterocycles. The van der Waals surface area contributed by atoms with Gasteiger partial charge in [-0.25, -0.2) is 0 Å². The first-order valence-electron chi connectivity index (χ1n) is 7.36. The van der Waals surface area contributed by atoms with Crippen LogP contribution < -0.4 is 10.6 Å². The Bertz CT molecular complexity index is 488. The lowest BCUT2D eigenvalue weighted by Crippen LogP contribution is -2.50. The van der Waals surface area contributed by atoms with Crippen molar-refractivity contribution in [3.8, 4) is 0 Å². The highest BCUT2D eigenvalue weighted by Gasteiger charge is 2.39. The van der Waals surface area contributed by atoms with Crippen molar-refractivity contribution in [3.05, 3.63) is 30.3 Å². The molecule has 0 spiro atoms. The van der Waals surface area contributed by atoms with Gasteiger partial charge in [0.15, 0.2) is 5.84 Å². The van der Waals surface area contributed by atoms with E-state index in [1.165, 1.54) is 0 Å². The van der Waals surface area contributed by atoms with Gasteiger partial charge in [-0.2, -0.15) is 0 Å². The number of unbranched alkanes of at least 4 members (excludes halogenated alkanes) is 1. The number of amides is 1. The van der Waals surface area contributed by atoms with E-state index in [-0.39, 0.29) is 11.7 Å². The Labute approximate surface area is 126 Å². The van der Waals surface area contributed by atoms with Crippen LogP contribution in [0.2, 0.25) is 0 Å². The van der Waals surface area contributed by atoms with E-state index in [1.807, 2.05) is 37.3 Å². The Morgan fingerprint density at radius 3 is 2.43 bits per heavy atom. The van der Waals surface area contributed by atoms with Crippen molar-refractivity contribution in [2.75, 3.05) is 11.4 Å². The van der Waals surface area contributed by atoms with Crippen LogP contribution in [0.4, 0.5) is 5.69 Å². The summed E-state index contributed by atoms with van der Waals surface area (Å²) < 4.78 is 0. The molecule has 0 saturated heterocycles. The van der Waals surface area contributed by atoms with Crippen molar-refractivity contribution in [1.29, 1.82) is 0 Å². The van der Waals surface area contributed by atoms with Crippen molar-refractivity contribution in [2.24, 2.45) is 16.3 Å². The summed E-state index contributed by atoms with van der Waals surface area (Å²) in [6.07, 6.45) is 2.36. The van der Waals surface area contributed by atoms with Crippen molar-refractivity contribution in [2.45, 2.75) is 40.0 Å². The molecule has 1 amide bonds. The molecule has 0 saturated carbocycles. The van der Waals surface area contributed by atoms with Crippen LogP contribution in [0.25, 0.3) is 0 Å². The van der Waals surface area contributed by atoms with Gasteiger partial charge in [0.25, 0.3) is 0 Å². The number of amidine groups is 1. The van der Waals surface area contributed by atoms with E-state index in [4.69, 9.17) is 10.9 Å². The number of rotatable bonds is 7. The summed E-state index contributed by atoms with van der Waals surface area (Å²) in [7, 11) is 0. The molecular formula is C16H25N3O2. The van der Waals surface area contributed by atoms with Gasteiger partial charge >= 0.3 is 0 Å². The number of hydrogen-bond acceptors (Lipinski definition) is 3. The van der Waals surface area contributed by atoms with Gasteiger partial charge in [-0.15, -0.1) is 0 Å². The van der Waals surface area contributed by atoms with Crippen molar-refractivity contribution < 1.29 is 10.0 Å². The minimum Gasteiger partial charge on any atom is -0.409 e. The topological polar surface area (TPSA) is 78.9 Å². The zero-order valence-corrected chi connectivity index (χ0v) is 13.0. The Kier molecular flexibility index (Phi) is 6.21. The van der Waals surface area contributed by atoms with Gasteiger partial charge < -0.3 is 15.8 Å². The van der Waals surface area contributed by atoms with E-state index in [1.54, 1.807) is 11.8 Å². The summed E-state index contributed by atoms with van der Waals surface area (Å²) in [5.41, 5.74) is 5.59. The monoisotopic (exact) mass is 291 g/mol. The molecule has 5 heteroatoms. The summed E-state index contributed by atoms with van der Waals surface area (Å²) in [6, 6.07) is 9.50. The Morgan fingerprint density at radius 2 is 1.95 bits per heavy atom. The molecule has 0 aromatic heterocycles. The van der Waals surface area contributed by atoms with E-state index in [2.05, 4.69) is 12.1 Å². The van der Waals surface area contributed by atoms with Crippen molar-refractivity contribution >= 4 is 17.4 Å². The zero-order chi connectivity index (χ0) is 15.9. The quantitative estimate of drug-likeness (QED) is 0.351. The number of para-hydroxylation sites is 1. The Balaban J connectivity index is 3.16. The van der Waals surface area contributed by atoms with Crippen LogP contribution in [0.15, 0.2) is 35.5 Å². The highest BCUT2D eigenvalue weighted by molar-refractivity contribution is 6.12. The minimum atomic E-state index is -1.00. The third-order valence-corrected chi connectivity index (χ3v) is 3.90. The molecule has 1 unspecified atom stereocenters. The minimum absolute atomic E-state index is 0.0487. The number of carbonyl (C=O) groups excluding carboxylic acids is 1. The van der Waals surface area contributed by atoms with Crippen LogP contribution in [0.1, 0.15) is 40.0 Å². The number of benzene rings is 1. The number of nitrogens with two attached hydrogens (primary N) is 1. The second-order valence-electron chi connectivity index (χ2n) is 5.32. The summed E-state index contributed by atoms with van der Waals surface area (Å²) in [6.45, 7) is 6.27. The van der Waals surface area contributed by atoms with Gasteiger partial charge in [-0.05, 0) is 31.9 Å². The van der Waals surface area contributed by atoms with E-state index < -0.39 is 5.41 Å². The highest BCUT2D eigenvalue weighted by atomic mass is 16.4. The SMILES string of the molecule is CCCCN(C(=O)C(C)(CC)/C(N)=N/O)c1ccccc1. The fraction of sp³-hybridized carbons (Fsp3) is 0.500. The van der Waals surface area contributed by atoms with Crippen LogP contribution in [0, 0.1) is 5.41 Å². The number of hydrogen-bond donors (Lipinski definition) is 2. The van der Waals surface area contributed by atoms with Crippen molar-refractivity contribution in [3.63, 3.8) is 0 Å². The molecule has 0 aliphatic heterocycles. The van der Waals surface area contributed by atoms with E-state index in [9.17, 15) is 4.79 Å². The van der Waals surface area contributed by atoms with Crippen molar-refractivity contribution in [1.82, 2.24) is 0 Å². The molecule has 0 aliphatic rings. The van der Waals surface area contributed by atoms with Crippen LogP contribution in [0.5, 0.6) is 0 Å². The molecule has 0 fully saturated rings. The first kappa shape index (κ1) is 17.0. The summed E-state index contributed by atoms with van der Waals surface area (Å²) in [4.78, 5) is 14.7. The lowest BCUT2D eigenvalue weighted by atomic mass is 9.84. The molecule has 1 aromatic carbocycles. The third kappa shape index (κ3) is 3.74. The molecule has 1 rings (SSSR count). The van der Waals surface area contributed by atoms with Crippen LogP contribution in [0.3, 0.4) is 0 Å². The average molecular weight is 291 g/mol. The Morgan fingerprint density at radius 1 is 1.33 bits per heavy atom. The molecule has 1 atom stereocenters. The lowest BCUT2D eigenvalue weighted by molar-refractivity contribution is -0.124. The summed E-state index contributed by atoms with van der Waals surface area (Å²) in [5, 5.41) is 12.0. The molecule has 5 nitrogen and oxygen atoms in total. The maximum absolute atomic E-state index is 13.0. The fourth-order valence-electron chi connectivity index (χ4n) is 2.12. The molecule has 116 valence electrons. The second kappa shape index (κ2) is 7.67. The standard InChI is InChI=1S/C16H25N3O2/c1-4-6-12-19(13-10-8-7-9-11-13)15(20)16(3,5-2)14(17)18-21/h7-11,21H,4-6,12H2,1-3H3,(H2,17,18). The number of nitrogens with zero attached hydrogens (tertiary/aromatic N) is 2. The van der Waals surface area contributed by atoms with E-state index >= 15 is 0 Å². The molecule has 0 radical (unpaired) electrons. The maximum atomic E-state index is 13.0. The van der Waals surface area contributed by atoms with Gasteiger partial charge in [0.1, 0.15) is 5.41 Å². The summed E-state index contributed by atoms with van der Waals surface area (Å²) >= 11 is 0. The van der Waals surface area contributed by atoms with E-state index in [0.29, 0.717) is 13.0 Å². The summed E-state index contributed by atoms with van der Waals surface area (Å²) in [5.74, 6) is -0.188. The predicted octanol–water partition coefficient (Wildman–Crippen LogP) is 2.98. The van der Waals surface area contributed by atoms with Gasteiger partial charge in [-0.3, -0.25) is 4.79 Å². The normalized spacial score (nSPS) is 14.5. The molecule has 21 heavy (non-hydrogen) atoms. The molecule has 0 aliphatic carbocycles. The van der Waals surface area contributed by atoms with Crippen LogP contribution in [-0.2, 0) is 4.79 Å². The van der Waals surface area contributed by atoms with Crippen LogP contribution >= 0.6 is 0 Å². The predicted molar refractivity (Wildman–Crippen MR) is 85.5 cm³/mol. The molecular weight excluding hydrogens is 266 g/mol. The zero-order valence-electron chi connectivity index (χ0n) is 13.0. The highest BCUT2D eigenvalue weighted by Crippen LogP contribution is 2.28. The van der Waals surface area contributed by atoms with Crippen LogP contribution in [-0.4, -0.2) is 23.5 Å². The van der Waals surface area contributed by atoms with Gasteiger partial charge in [-0.1, -0.05) is 43.6 Å². The third-order valence-electron chi connectivity index (χ3n) is 3.90. The smallest absolute Gasteiger partial charge is 0.240 e. The average Bonchev–Trinajstić information content (AvgIpc) is 2.54. The number of anilines is 1. The van der Waals surface area contributed by atoms with Gasteiger partial charge in [0, 0.05) is 12.2 Å². The first-order valence-corrected chi connectivity index (χ1v) is 7.36. The lowest BCUT2D eigenvalue weighted by Gasteiger charge is -2.33. The molecule has 3 N–H and O–H groups in total. The maximum Gasteiger partial charge on any atom is 0.240 e. The molecule has 0 bridgehead atoms. The second-order valence-corrected chi connectivity index (χ2v) is 5.32. The fourth-order valence-corrected chi connectivity index (χ4v) is 2.12. The van der Waals surface area contributed by atoms with Gasteiger partial charge in [0.05, 0.1) is 0 Å². The largest absolute Gasteiger partial charge is 0.409 e. The first-order chi connectivity index (χ1) is 10.0. The number of carbonyl (C=O) groups is 1. The van der Waals surface area contributed by atoms with E-state index in [0.717, 1.165) is 18.5 Å². The Hall–Kier alpha value is -2.04. The van der Waals surface area contributed by atoms with Gasteiger partial charge in [0.2, 0.25) is 5.91 Å². The number of oxime groups is 1.